The zero-order chi connectivity index (χ0) is 19.3. The van der Waals surface area contributed by atoms with Gasteiger partial charge in [0.2, 0.25) is 11.8 Å². The number of carbonyl (C=O) groups is 3. The maximum absolute atomic E-state index is 12.3. The molecule has 136 valence electrons. The SMILES string of the molecule is CC(=O)c1ccc(NC(=O)CC(=O)Nc2c(C)cccc2C(C)C)cc1. The van der Waals surface area contributed by atoms with Crippen molar-refractivity contribution in [2.75, 3.05) is 10.6 Å². The van der Waals surface area contributed by atoms with Crippen molar-refractivity contribution < 1.29 is 14.4 Å². The molecule has 2 aromatic carbocycles. The van der Waals surface area contributed by atoms with Crippen molar-refractivity contribution in [3.63, 3.8) is 0 Å². The van der Waals surface area contributed by atoms with Gasteiger partial charge in [0.15, 0.2) is 5.78 Å². The van der Waals surface area contributed by atoms with Gasteiger partial charge in [-0.25, -0.2) is 0 Å². The van der Waals surface area contributed by atoms with Crippen LogP contribution in [0.1, 0.15) is 54.6 Å². The minimum Gasteiger partial charge on any atom is -0.326 e. The molecule has 0 spiro atoms. The van der Waals surface area contributed by atoms with E-state index in [1.807, 2.05) is 25.1 Å². The van der Waals surface area contributed by atoms with Gasteiger partial charge in [-0.1, -0.05) is 32.0 Å². The molecule has 0 atom stereocenters. The summed E-state index contributed by atoms with van der Waals surface area (Å²) in [4.78, 5) is 35.6. The van der Waals surface area contributed by atoms with Gasteiger partial charge >= 0.3 is 0 Å². The first-order valence-electron chi connectivity index (χ1n) is 8.58. The third-order valence-corrected chi connectivity index (χ3v) is 4.09. The van der Waals surface area contributed by atoms with Crippen LogP contribution in [0.4, 0.5) is 11.4 Å². The molecule has 0 aliphatic carbocycles. The first kappa shape index (κ1) is 19.4. The Bertz CT molecular complexity index is 824. The van der Waals surface area contributed by atoms with Crippen LogP contribution >= 0.6 is 0 Å². The van der Waals surface area contributed by atoms with Crippen molar-refractivity contribution >= 4 is 29.0 Å². The van der Waals surface area contributed by atoms with Gasteiger partial charge in [0.25, 0.3) is 0 Å². The van der Waals surface area contributed by atoms with Crippen LogP contribution in [0.25, 0.3) is 0 Å². The van der Waals surface area contributed by atoms with Crippen molar-refractivity contribution in [1.29, 1.82) is 0 Å². The summed E-state index contributed by atoms with van der Waals surface area (Å²) in [5, 5.41) is 5.52. The number of hydrogen-bond acceptors (Lipinski definition) is 3. The van der Waals surface area contributed by atoms with E-state index >= 15 is 0 Å². The lowest BCUT2D eigenvalue weighted by atomic mass is 9.98. The van der Waals surface area contributed by atoms with E-state index in [0.717, 1.165) is 16.8 Å². The predicted molar refractivity (Wildman–Crippen MR) is 104 cm³/mol. The number of hydrogen-bond donors (Lipinski definition) is 2. The molecular weight excluding hydrogens is 328 g/mol. The van der Waals surface area contributed by atoms with Crippen molar-refractivity contribution in [2.45, 2.75) is 40.0 Å². The van der Waals surface area contributed by atoms with Crippen LogP contribution in [0.5, 0.6) is 0 Å². The number of carbonyl (C=O) groups excluding carboxylic acids is 3. The summed E-state index contributed by atoms with van der Waals surface area (Å²) < 4.78 is 0. The van der Waals surface area contributed by atoms with Crippen LogP contribution in [0, 0.1) is 6.92 Å². The molecule has 0 bridgehead atoms. The van der Waals surface area contributed by atoms with Gasteiger partial charge in [0.1, 0.15) is 6.42 Å². The zero-order valence-electron chi connectivity index (χ0n) is 15.6. The Hall–Kier alpha value is -2.95. The molecule has 0 unspecified atom stereocenters. The molecule has 2 amide bonds. The zero-order valence-corrected chi connectivity index (χ0v) is 15.6. The van der Waals surface area contributed by atoms with E-state index < -0.39 is 5.91 Å². The number of rotatable bonds is 6. The monoisotopic (exact) mass is 352 g/mol. The standard InChI is InChI=1S/C21H24N2O3/c1-13(2)18-7-5-6-14(3)21(18)23-20(26)12-19(25)22-17-10-8-16(9-11-17)15(4)24/h5-11,13H,12H2,1-4H3,(H,22,25)(H,23,26). The van der Waals surface area contributed by atoms with Crippen molar-refractivity contribution in [3.05, 3.63) is 59.2 Å². The van der Waals surface area contributed by atoms with E-state index in [9.17, 15) is 14.4 Å². The number of anilines is 2. The minimum atomic E-state index is -0.405. The van der Waals surface area contributed by atoms with E-state index in [1.165, 1.54) is 6.92 Å². The predicted octanol–water partition coefficient (Wildman–Crippen LogP) is 4.29. The van der Waals surface area contributed by atoms with E-state index in [1.54, 1.807) is 24.3 Å². The highest BCUT2D eigenvalue weighted by molar-refractivity contribution is 6.08. The molecule has 5 heteroatoms. The Kier molecular flexibility index (Phi) is 6.28. The number of amides is 2. The third-order valence-electron chi connectivity index (χ3n) is 4.09. The smallest absolute Gasteiger partial charge is 0.233 e. The van der Waals surface area contributed by atoms with Crippen molar-refractivity contribution in [2.24, 2.45) is 0 Å². The fourth-order valence-electron chi connectivity index (χ4n) is 2.67. The average molecular weight is 352 g/mol. The Morgan fingerprint density at radius 2 is 1.54 bits per heavy atom. The molecule has 26 heavy (non-hydrogen) atoms. The molecule has 0 fully saturated rings. The molecule has 5 nitrogen and oxygen atoms in total. The van der Waals surface area contributed by atoms with E-state index in [-0.39, 0.29) is 24.0 Å². The third kappa shape index (κ3) is 5.02. The Morgan fingerprint density at radius 1 is 0.923 bits per heavy atom. The van der Waals surface area contributed by atoms with Gasteiger partial charge in [0.05, 0.1) is 0 Å². The molecule has 0 aliphatic rings. The summed E-state index contributed by atoms with van der Waals surface area (Å²) in [5.74, 6) is -0.544. The number of para-hydroxylation sites is 1. The molecule has 0 saturated heterocycles. The normalized spacial score (nSPS) is 10.5. The van der Waals surface area contributed by atoms with Gasteiger partial charge in [-0.05, 0) is 55.2 Å². The lowest BCUT2D eigenvalue weighted by Gasteiger charge is -2.16. The first-order valence-corrected chi connectivity index (χ1v) is 8.58. The summed E-state index contributed by atoms with van der Waals surface area (Å²) >= 11 is 0. The lowest BCUT2D eigenvalue weighted by molar-refractivity contribution is -0.123. The summed E-state index contributed by atoms with van der Waals surface area (Å²) in [6, 6.07) is 12.4. The van der Waals surface area contributed by atoms with Crippen LogP contribution in [0.2, 0.25) is 0 Å². The van der Waals surface area contributed by atoms with Crippen LogP contribution in [-0.2, 0) is 9.59 Å². The fourth-order valence-corrected chi connectivity index (χ4v) is 2.67. The summed E-state index contributed by atoms with van der Waals surface area (Å²) in [6.45, 7) is 7.52. The first-order chi connectivity index (χ1) is 12.3. The summed E-state index contributed by atoms with van der Waals surface area (Å²) in [6.07, 6.45) is -0.277. The molecule has 0 aliphatic heterocycles. The van der Waals surface area contributed by atoms with Crippen molar-refractivity contribution in [3.8, 4) is 0 Å². The number of benzene rings is 2. The molecule has 0 heterocycles. The Balaban J connectivity index is 2.00. The molecule has 0 aromatic heterocycles. The number of nitrogens with one attached hydrogen (secondary N) is 2. The molecular formula is C21H24N2O3. The molecule has 0 radical (unpaired) electrons. The lowest BCUT2D eigenvalue weighted by Crippen LogP contribution is -2.22. The Morgan fingerprint density at radius 3 is 2.12 bits per heavy atom. The maximum Gasteiger partial charge on any atom is 0.233 e. The fraction of sp³-hybridized carbons (Fsp3) is 0.286. The molecule has 2 aromatic rings. The second-order valence-corrected chi connectivity index (χ2v) is 6.60. The topological polar surface area (TPSA) is 75.3 Å². The molecule has 2 rings (SSSR count). The van der Waals surface area contributed by atoms with E-state index in [4.69, 9.17) is 0 Å². The largest absolute Gasteiger partial charge is 0.326 e. The van der Waals surface area contributed by atoms with Crippen LogP contribution in [-0.4, -0.2) is 17.6 Å². The van der Waals surface area contributed by atoms with E-state index in [0.29, 0.717) is 11.3 Å². The minimum absolute atomic E-state index is 0.0403. The van der Waals surface area contributed by atoms with Crippen molar-refractivity contribution in [1.82, 2.24) is 0 Å². The summed E-state index contributed by atoms with van der Waals surface area (Å²) in [5.41, 5.74) is 3.89. The highest BCUT2D eigenvalue weighted by Gasteiger charge is 2.15. The Labute approximate surface area is 153 Å². The van der Waals surface area contributed by atoms with Gasteiger partial charge < -0.3 is 10.6 Å². The highest BCUT2D eigenvalue weighted by atomic mass is 16.2. The average Bonchev–Trinajstić information content (AvgIpc) is 2.56. The second-order valence-electron chi connectivity index (χ2n) is 6.60. The van der Waals surface area contributed by atoms with E-state index in [2.05, 4.69) is 24.5 Å². The van der Waals surface area contributed by atoms with Gasteiger partial charge in [-0.2, -0.15) is 0 Å². The number of aryl methyl sites for hydroxylation is 1. The number of ketones is 1. The highest BCUT2D eigenvalue weighted by Crippen LogP contribution is 2.27. The maximum atomic E-state index is 12.3. The van der Waals surface area contributed by atoms with Gasteiger partial charge in [-0.15, -0.1) is 0 Å². The van der Waals surface area contributed by atoms with Crippen LogP contribution in [0.3, 0.4) is 0 Å². The summed E-state index contributed by atoms with van der Waals surface area (Å²) in [7, 11) is 0. The molecule has 0 saturated carbocycles. The van der Waals surface area contributed by atoms with Crippen LogP contribution < -0.4 is 10.6 Å². The van der Waals surface area contributed by atoms with Gasteiger partial charge in [-0.3, -0.25) is 14.4 Å². The molecule has 2 N–H and O–H groups in total. The van der Waals surface area contributed by atoms with Gasteiger partial charge in [0, 0.05) is 16.9 Å². The quantitative estimate of drug-likeness (QED) is 0.601. The number of Topliss-reactive ketones (excluding diaryl/α,β-unsaturated/α-hetero) is 1. The second kappa shape index (κ2) is 8.43. The van der Waals surface area contributed by atoms with Crippen LogP contribution in [0.15, 0.2) is 42.5 Å².